The molecule has 1 N–H and O–H groups in total. The minimum atomic E-state index is -0.908. The van der Waals surface area contributed by atoms with Gasteiger partial charge in [-0.2, -0.15) is 0 Å². The third kappa shape index (κ3) is 6.55. The second kappa shape index (κ2) is 9.89. The van der Waals surface area contributed by atoms with Crippen LogP contribution in [0.2, 0.25) is 0 Å². The molecule has 24 heavy (non-hydrogen) atoms. The van der Waals surface area contributed by atoms with E-state index in [0.29, 0.717) is 18.0 Å². The van der Waals surface area contributed by atoms with Gasteiger partial charge in [0.1, 0.15) is 5.25 Å². The van der Waals surface area contributed by atoms with Crippen LogP contribution < -0.4 is 5.32 Å². The first-order chi connectivity index (χ1) is 11.3. The van der Waals surface area contributed by atoms with Crippen molar-refractivity contribution in [2.24, 2.45) is 0 Å². The second-order valence-corrected chi connectivity index (χ2v) is 6.29. The van der Waals surface area contributed by atoms with E-state index < -0.39 is 28.2 Å². The number of benzene rings is 1. The van der Waals surface area contributed by atoms with Crippen LogP contribution in [0, 0.1) is 10.1 Å². The summed E-state index contributed by atoms with van der Waals surface area (Å²) in [7, 11) is 1.52. The molecular formula is C15H20N2O6S. The van der Waals surface area contributed by atoms with E-state index in [1.165, 1.54) is 37.9 Å². The maximum absolute atomic E-state index is 12.0. The van der Waals surface area contributed by atoms with Crippen LogP contribution in [0.3, 0.4) is 0 Å². The van der Waals surface area contributed by atoms with Crippen LogP contribution in [0.15, 0.2) is 29.2 Å². The van der Waals surface area contributed by atoms with E-state index in [0.717, 1.165) is 0 Å². The lowest BCUT2D eigenvalue weighted by Crippen LogP contribution is -2.38. The van der Waals surface area contributed by atoms with Crippen molar-refractivity contribution in [2.45, 2.75) is 30.1 Å². The molecule has 1 amide bonds. The monoisotopic (exact) mass is 356 g/mol. The summed E-state index contributed by atoms with van der Waals surface area (Å²) in [5.41, 5.74) is -0.0177. The maximum Gasteiger partial charge on any atom is 0.319 e. The predicted molar refractivity (Wildman–Crippen MR) is 88.9 cm³/mol. The summed E-state index contributed by atoms with van der Waals surface area (Å²) >= 11 is 1.20. The van der Waals surface area contributed by atoms with E-state index in [2.05, 4.69) is 5.32 Å². The van der Waals surface area contributed by atoms with Crippen molar-refractivity contribution < 1.29 is 24.0 Å². The number of nitro benzene ring substituents is 1. The minimum Gasteiger partial charge on any atom is -0.452 e. The SMILES string of the molecule is COCCNC(=O)[C@@H](C)OC(=O)[C@@H](C)Sc1ccc([N+](=O)[O-])cc1. The Kier molecular flexibility index (Phi) is 8.20. The summed E-state index contributed by atoms with van der Waals surface area (Å²) in [6, 6.07) is 5.86. The zero-order valence-corrected chi connectivity index (χ0v) is 14.5. The van der Waals surface area contributed by atoms with Gasteiger partial charge < -0.3 is 14.8 Å². The molecule has 0 spiro atoms. The number of amides is 1. The van der Waals surface area contributed by atoms with E-state index in [1.54, 1.807) is 19.1 Å². The Morgan fingerprint density at radius 3 is 2.46 bits per heavy atom. The molecule has 0 unspecified atom stereocenters. The number of esters is 1. The predicted octanol–water partition coefficient (Wildman–Crippen LogP) is 1.77. The lowest BCUT2D eigenvalue weighted by Gasteiger charge is -2.16. The lowest BCUT2D eigenvalue weighted by molar-refractivity contribution is -0.384. The van der Waals surface area contributed by atoms with Crippen molar-refractivity contribution in [3.05, 3.63) is 34.4 Å². The largest absolute Gasteiger partial charge is 0.452 e. The molecular weight excluding hydrogens is 336 g/mol. The van der Waals surface area contributed by atoms with Gasteiger partial charge in [-0.05, 0) is 26.0 Å². The number of thioether (sulfide) groups is 1. The van der Waals surface area contributed by atoms with E-state index in [9.17, 15) is 19.7 Å². The molecule has 0 aromatic heterocycles. The molecule has 132 valence electrons. The zero-order valence-electron chi connectivity index (χ0n) is 13.7. The highest BCUT2D eigenvalue weighted by Crippen LogP contribution is 2.26. The van der Waals surface area contributed by atoms with Crippen molar-refractivity contribution in [2.75, 3.05) is 20.3 Å². The van der Waals surface area contributed by atoms with E-state index >= 15 is 0 Å². The van der Waals surface area contributed by atoms with Crippen molar-refractivity contribution in [1.82, 2.24) is 5.32 Å². The molecule has 0 aliphatic heterocycles. The molecule has 1 aromatic carbocycles. The summed E-state index contributed by atoms with van der Waals surface area (Å²) in [4.78, 5) is 34.5. The lowest BCUT2D eigenvalue weighted by atomic mass is 10.3. The van der Waals surface area contributed by atoms with Gasteiger partial charge in [0.25, 0.3) is 11.6 Å². The molecule has 0 aliphatic rings. The minimum absolute atomic E-state index is 0.0177. The first-order valence-electron chi connectivity index (χ1n) is 7.23. The first-order valence-corrected chi connectivity index (χ1v) is 8.11. The van der Waals surface area contributed by atoms with Gasteiger partial charge in [0, 0.05) is 30.7 Å². The smallest absolute Gasteiger partial charge is 0.319 e. The van der Waals surface area contributed by atoms with Crippen molar-refractivity contribution in [1.29, 1.82) is 0 Å². The molecule has 0 heterocycles. The van der Waals surface area contributed by atoms with Crippen LogP contribution in [0.25, 0.3) is 0 Å². The molecule has 0 bridgehead atoms. The standard InChI is InChI=1S/C15H20N2O6S/c1-10(14(18)16-8-9-22-3)23-15(19)11(2)24-13-6-4-12(5-7-13)17(20)21/h4-7,10-11H,8-9H2,1-3H3,(H,16,18)/t10-,11-/m1/s1. The Hall–Kier alpha value is -2.13. The summed E-state index contributed by atoms with van der Waals surface area (Å²) in [5.74, 6) is -0.930. The molecule has 8 nitrogen and oxygen atoms in total. The van der Waals surface area contributed by atoms with Gasteiger partial charge in [-0.3, -0.25) is 19.7 Å². The molecule has 1 aromatic rings. The van der Waals surface area contributed by atoms with Crippen molar-refractivity contribution in [3.63, 3.8) is 0 Å². The fraction of sp³-hybridized carbons (Fsp3) is 0.467. The van der Waals surface area contributed by atoms with Crippen LogP contribution in [-0.4, -0.2) is 48.4 Å². The topological polar surface area (TPSA) is 108 Å². The number of ether oxygens (including phenoxy) is 2. The quantitative estimate of drug-likeness (QED) is 0.236. The Bertz CT molecular complexity index is 578. The van der Waals surface area contributed by atoms with E-state index in [1.807, 2.05) is 0 Å². The molecule has 1 rings (SSSR count). The van der Waals surface area contributed by atoms with Crippen molar-refractivity contribution in [3.8, 4) is 0 Å². The molecule has 0 aliphatic carbocycles. The average molecular weight is 356 g/mol. The number of nitrogens with one attached hydrogen (secondary N) is 1. The van der Waals surface area contributed by atoms with Crippen molar-refractivity contribution >= 4 is 29.3 Å². The van der Waals surface area contributed by atoms with Crippen LogP contribution in [0.1, 0.15) is 13.8 Å². The molecule has 0 saturated carbocycles. The second-order valence-electron chi connectivity index (χ2n) is 4.87. The number of hydrogen-bond acceptors (Lipinski definition) is 7. The number of hydrogen-bond donors (Lipinski definition) is 1. The third-order valence-corrected chi connectivity index (χ3v) is 4.05. The number of non-ortho nitro benzene ring substituents is 1. The highest BCUT2D eigenvalue weighted by molar-refractivity contribution is 8.00. The highest BCUT2D eigenvalue weighted by atomic mass is 32.2. The maximum atomic E-state index is 12.0. The van der Waals surface area contributed by atoms with Gasteiger partial charge in [0.2, 0.25) is 0 Å². The first kappa shape index (κ1) is 19.9. The van der Waals surface area contributed by atoms with Gasteiger partial charge in [0.05, 0.1) is 11.5 Å². The van der Waals surface area contributed by atoms with E-state index in [4.69, 9.17) is 9.47 Å². The fourth-order valence-electron chi connectivity index (χ4n) is 1.64. The molecule has 0 saturated heterocycles. The number of carbonyl (C=O) groups is 2. The number of nitro groups is 1. The van der Waals surface area contributed by atoms with Gasteiger partial charge in [-0.15, -0.1) is 11.8 Å². The third-order valence-electron chi connectivity index (χ3n) is 2.96. The number of methoxy groups -OCH3 is 1. The normalized spacial score (nSPS) is 13.0. The van der Waals surface area contributed by atoms with E-state index in [-0.39, 0.29) is 5.69 Å². The van der Waals surface area contributed by atoms with Gasteiger partial charge in [0.15, 0.2) is 6.10 Å². The molecule has 0 radical (unpaired) electrons. The summed E-state index contributed by atoms with van der Waals surface area (Å²) in [6.07, 6.45) is -0.908. The Morgan fingerprint density at radius 1 is 1.29 bits per heavy atom. The van der Waals surface area contributed by atoms with Gasteiger partial charge in [-0.25, -0.2) is 0 Å². The van der Waals surface area contributed by atoms with Gasteiger partial charge >= 0.3 is 5.97 Å². The van der Waals surface area contributed by atoms with Crippen LogP contribution in [0.4, 0.5) is 5.69 Å². The number of nitrogens with zero attached hydrogens (tertiary/aromatic N) is 1. The highest BCUT2D eigenvalue weighted by Gasteiger charge is 2.22. The number of carbonyl (C=O) groups excluding carboxylic acids is 2. The summed E-state index contributed by atoms with van der Waals surface area (Å²) < 4.78 is 9.93. The van der Waals surface area contributed by atoms with Gasteiger partial charge in [-0.1, -0.05) is 0 Å². The molecule has 2 atom stereocenters. The zero-order chi connectivity index (χ0) is 18.1. The summed E-state index contributed by atoms with van der Waals surface area (Å²) in [5, 5.41) is 12.6. The Labute approximate surface area is 144 Å². The average Bonchev–Trinajstić information content (AvgIpc) is 2.55. The van der Waals surface area contributed by atoms with Crippen LogP contribution >= 0.6 is 11.8 Å². The summed E-state index contributed by atoms with van der Waals surface area (Å²) in [6.45, 7) is 3.84. The molecule has 9 heteroatoms. The van der Waals surface area contributed by atoms with Crippen LogP contribution in [0.5, 0.6) is 0 Å². The Morgan fingerprint density at radius 2 is 1.92 bits per heavy atom. The fourth-order valence-corrected chi connectivity index (χ4v) is 2.50. The number of rotatable bonds is 9. The Balaban J connectivity index is 2.49. The van der Waals surface area contributed by atoms with Crippen LogP contribution in [-0.2, 0) is 19.1 Å². The molecule has 0 fully saturated rings.